The Morgan fingerprint density at radius 2 is 1.73 bits per heavy atom. The van der Waals surface area contributed by atoms with E-state index in [1.807, 2.05) is 6.07 Å². The van der Waals surface area contributed by atoms with Crippen LogP contribution in [0.2, 0.25) is 0 Å². The van der Waals surface area contributed by atoms with Crippen molar-refractivity contribution in [2.24, 2.45) is 0 Å². The fourth-order valence-electron chi connectivity index (χ4n) is 4.81. The van der Waals surface area contributed by atoms with Gasteiger partial charge in [0, 0.05) is 54.9 Å². The lowest BCUT2D eigenvalue weighted by atomic mass is 10.0. The van der Waals surface area contributed by atoms with Crippen LogP contribution < -0.4 is 10.1 Å². The molecule has 2 aromatic heterocycles. The predicted octanol–water partition coefficient (Wildman–Crippen LogP) is 7.93. The molecule has 0 spiro atoms. The molecule has 0 aliphatic rings. The molecular formula is C35H32F2N2O3S2. The van der Waals surface area contributed by atoms with Gasteiger partial charge in [0.15, 0.2) is 11.6 Å². The number of hydrogen-bond donors (Lipinski definition) is 1. The van der Waals surface area contributed by atoms with Crippen molar-refractivity contribution >= 4 is 44.4 Å². The number of fused-ring (bicyclic) bond motifs is 1. The number of Topliss-reactive ketones (excluding diaryl/α,β-unsaturated/α-hetero) is 1. The van der Waals surface area contributed by atoms with Crippen LogP contribution in [0.25, 0.3) is 20.7 Å². The first kappa shape index (κ1) is 31.5. The molecule has 0 saturated carbocycles. The molecule has 0 unspecified atom stereocenters. The Morgan fingerprint density at radius 1 is 0.909 bits per heavy atom. The number of thiophene rings is 1. The standard InChI is InChI=1S/C35H32F2N2O3S2/c1-41-16-15-38-13-11-23-3-2-4-26(17-23)34-22-31-35(44-34)33(12-14-39-31)42-32-10-7-25(20-30(32)37)19-29(43)21-28(40)18-24-5-8-27(36)9-6-24/h2-10,12,14,17,20,22,38H,11,13,15-16,18-19,21H2,1H3. The second-order valence-electron chi connectivity index (χ2n) is 10.4. The van der Waals surface area contributed by atoms with Gasteiger partial charge in [0.1, 0.15) is 17.3 Å². The van der Waals surface area contributed by atoms with Crippen LogP contribution in [0.5, 0.6) is 11.5 Å². The van der Waals surface area contributed by atoms with E-state index in [0.29, 0.717) is 22.8 Å². The molecule has 3 aromatic carbocycles. The number of rotatable bonds is 15. The van der Waals surface area contributed by atoms with Crippen molar-refractivity contribution in [1.29, 1.82) is 0 Å². The predicted molar refractivity (Wildman–Crippen MR) is 176 cm³/mol. The first-order valence-electron chi connectivity index (χ1n) is 14.3. The number of pyridine rings is 1. The normalized spacial score (nSPS) is 11.2. The van der Waals surface area contributed by atoms with Gasteiger partial charge in [-0.15, -0.1) is 11.3 Å². The number of ether oxygens (including phenoxy) is 2. The van der Waals surface area contributed by atoms with Gasteiger partial charge in [0.2, 0.25) is 0 Å². The molecule has 0 saturated heterocycles. The molecule has 44 heavy (non-hydrogen) atoms. The highest BCUT2D eigenvalue weighted by Crippen LogP contribution is 2.39. The van der Waals surface area contributed by atoms with Gasteiger partial charge in [-0.25, -0.2) is 8.78 Å². The van der Waals surface area contributed by atoms with Crippen LogP contribution in [0.3, 0.4) is 0 Å². The number of nitrogens with one attached hydrogen (secondary N) is 1. The Kier molecular flexibility index (Phi) is 10.9. The molecule has 1 N–H and O–H groups in total. The average molecular weight is 631 g/mol. The van der Waals surface area contributed by atoms with Crippen LogP contribution >= 0.6 is 23.6 Å². The monoisotopic (exact) mass is 630 g/mol. The molecule has 0 radical (unpaired) electrons. The molecule has 0 bridgehead atoms. The summed E-state index contributed by atoms with van der Waals surface area (Å²) in [7, 11) is 1.69. The Bertz CT molecular complexity index is 1760. The van der Waals surface area contributed by atoms with E-state index in [4.69, 9.17) is 21.7 Å². The number of halogens is 2. The smallest absolute Gasteiger partial charge is 0.166 e. The van der Waals surface area contributed by atoms with E-state index in [0.717, 1.165) is 45.7 Å². The molecule has 0 aliphatic carbocycles. The summed E-state index contributed by atoms with van der Waals surface area (Å²) in [6.45, 7) is 2.37. The molecule has 0 fully saturated rings. The molecule has 0 aliphatic heterocycles. The summed E-state index contributed by atoms with van der Waals surface area (Å²) in [4.78, 5) is 18.5. The number of methoxy groups -OCH3 is 1. The summed E-state index contributed by atoms with van der Waals surface area (Å²) < 4.78 is 40.2. The van der Waals surface area contributed by atoms with E-state index >= 15 is 4.39 Å². The fourth-order valence-corrected chi connectivity index (χ4v) is 6.20. The fraction of sp³-hybridized carbons (Fsp3) is 0.229. The number of thiocarbonyl (C=S) groups is 1. The number of carbonyl (C=O) groups excluding carboxylic acids is 1. The molecule has 5 aromatic rings. The van der Waals surface area contributed by atoms with E-state index in [9.17, 15) is 9.18 Å². The summed E-state index contributed by atoms with van der Waals surface area (Å²) in [6, 6.07) is 22.7. The van der Waals surface area contributed by atoms with Crippen LogP contribution in [-0.2, 0) is 28.8 Å². The maximum Gasteiger partial charge on any atom is 0.166 e. The lowest BCUT2D eigenvalue weighted by Crippen LogP contribution is -2.21. The van der Waals surface area contributed by atoms with Crippen molar-refractivity contribution in [2.75, 3.05) is 26.8 Å². The molecular weight excluding hydrogens is 599 g/mol. The first-order chi connectivity index (χ1) is 21.4. The Hall–Kier alpha value is -3.89. The summed E-state index contributed by atoms with van der Waals surface area (Å²) in [5.74, 6) is -0.313. The number of aromatic nitrogens is 1. The molecule has 5 rings (SSSR count). The van der Waals surface area contributed by atoms with Crippen LogP contribution in [0.1, 0.15) is 23.1 Å². The highest BCUT2D eigenvalue weighted by atomic mass is 32.1. The van der Waals surface area contributed by atoms with Gasteiger partial charge < -0.3 is 14.8 Å². The third kappa shape index (κ3) is 8.60. The van der Waals surface area contributed by atoms with Crippen molar-refractivity contribution in [2.45, 2.75) is 25.7 Å². The number of hydrogen-bond acceptors (Lipinski definition) is 7. The van der Waals surface area contributed by atoms with E-state index in [-0.39, 0.29) is 36.6 Å². The highest BCUT2D eigenvalue weighted by molar-refractivity contribution is 7.80. The van der Waals surface area contributed by atoms with Gasteiger partial charge >= 0.3 is 0 Å². The molecule has 9 heteroatoms. The minimum Gasteiger partial charge on any atom is -0.453 e. The van der Waals surface area contributed by atoms with Gasteiger partial charge in [0.05, 0.1) is 16.8 Å². The van der Waals surface area contributed by atoms with Crippen molar-refractivity contribution in [3.8, 4) is 21.9 Å². The van der Waals surface area contributed by atoms with Crippen molar-refractivity contribution < 1.29 is 23.0 Å². The molecule has 2 heterocycles. The Labute approximate surface area is 264 Å². The largest absolute Gasteiger partial charge is 0.453 e. The minimum atomic E-state index is -0.517. The van der Waals surface area contributed by atoms with Crippen LogP contribution in [-0.4, -0.2) is 42.4 Å². The molecule has 5 nitrogen and oxygen atoms in total. The lowest BCUT2D eigenvalue weighted by Gasteiger charge is -2.10. The van der Waals surface area contributed by atoms with Crippen LogP contribution in [0, 0.1) is 11.6 Å². The van der Waals surface area contributed by atoms with Gasteiger partial charge in [-0.3, -0.25) is 9.78 Å². The lowest BCUT2D eigenvalue weighted by molar-refractivity contribution is -0.117. The molecule has 0 atom stereocenters. The van der Waals surface area contributed by atoms with E-state index in [2.05, 4.69) is 34.6 Å². The van der Waals surface area contributed by atoms with Crippen molar-refractivity contribution in [3.63, 3.8) is 0 Å². The Balaban J connectivity index is 1.22. The van der Waals surface area contributed by atoms with E-state index in [1.54, 1.807) is 55.0 Å². The van der Waals surface area contributed by atoms with Crippen LogP contribution in [0.4, 0.5) is 8.78 Å². The van der Waals surface area contributed by atoms with Crippen LogP contribution in [0.15, 0.2) is 85.1 Å². The zero-order valence-corrected chi connectivity index (χ0v) is 25.9. The average Bonchev–Trinajstić information content (AvgIpc) is 3.45. The number of ketones is 1. The summed E-state index contributed by atoms with van der Waals surface area (Å²) >= 11 is 6.98. The van der Waals surface area contributed by atoms with Crippen molar-refractivity contribution in [3.05, 3.63) is 113 Å². The van der Waals surface area contributed by atoms with Gasteiger partial charge in [-0.2, -0.15) is 0 Å². The number of carbonyl (C=O) groups is 1. The number of nitrogens with zero attached hydrogens (tertiary/aromatic N) is 1. The highest BCUT2D eigenvalue weighted by Gasteiger charge is 2.15. The summed E-state index contributed by atoms with van der Waals surface area (Å²) in [5, 5.41) is 3.37. The maximum atomic E-state index is 15.2. The van der Waals surface area contributed by atoms with E-state index in [1.165, 1.54) is 23.8 Å². The van der Waals surface area contributed by atoms with Gasteiger partial charge in [-0.05, 0) is 65.6 Å². The zero-order chi connectivity index (χ0) is 30.9. The summed E-state index contributed by atoms with van der Waals surface area (Å²) in [5.41, 5.74) is 4.48. The molecule has 0 amide bonds. The second-order valence-corrected chi connectivity index (χ2v) is 12.1. The first-order valence-corrected chi connectivity index (χ1v) is 15.5. The maximum absolute atomic E-state index is 15.2. The zero-order valence-electron chi connectivity index (χ0n) is 24.3. The Morgan fingerprint density at radius 3 is 2.52 bits per heavy atom. The van der Waals surface area contributed by atoms with Gasteiger partial charge in [0.25, 0.3) is 0 Å². The third-order valence-electron chi connectivity index (χ3n) is 6.99. The topological polar surface area (TPSA) is 60.4 Å². The SMILES string of the molecule is COCCNCCc1cccc(-c2cc3nccc(Oc4ccc(CC(=S)CC(=O)Cc5ccc(F)cc5)cc4F)c3s2)c1. The number of benzene rings is 3. The minimum absolute atomic E-state index is 0.0688. The third-order valence-corrected chi connectivity index (χ3v) is 8.46. The van der Waals surface area contributed by atoms with Crippen molar-refractivity contribution in [1.82, 2.24) is 10.3 Å². The second kappa shape index (κ2) is 15.2. The molecule has 226 valence electrons. The van der Waals surface area contributed by atoms with Gasteiger partial charge in [-0.1, -0.05) is 54.7 Å². The van der Waals surface area contributed by atoms with E-state index < -0.39 is 5.82 Å². The quantitative estimate of drug-likeness (QED) is 0.0937. The summed E-state index contributed by atoms with van der Waals surface area (Å²) in [6.07, 6.45) is 3.12.